The number of rotatable bonds is 5. The van der Waals surface area contributed by atoms with Crippen molar-refractivity contribution in [1.82, 2.24) is 10.6 Å². The van der Waals surface area contributed by atoms with E-state index >= 15 is 0 Å². The van der Waals surface area contributed by atoms with E-state index in [4.69, 9.17) is 0 Å². The Morgan fingerprint density at radius 2 is 2.25 bits per heavy atom. The lowest BCUT2D eigenvalue weighted by molar-refractivity contribution is -0.118. The molecule has 4 heteroatoms. The third kappa shape index (κ3) is 4.10. The molecule has 0 bridgehead atoms. The summed E-state index contributed by atoms with van der Waals surface area (Å²) >= 11 is 0. The number of amides is 1. The van der Waals surface area contributed by atoms with Gasteiger partial charge in [0, 0.05) is 25.6 Å². The molecule has 0 spiro atoms. The van der Waals surface area contributed by atoms with Crippen LogP contribution in [0.3, 0.4) is 0 Å². The largest absolute Gasteiger partial charge is 0.394 e. The quantitative estimate of drug-likeness (QED) is 0.606. The van der Waals surface area contributed by atoms with Gasteiger partial charge in [-0.3, -0.25) is 4.79 Å². The molecule has 1 aliphatic carbocycles. The maximum Gasteiger partial charge on any atom is 0.216 e. The van der Waals surface area contributed by atoms with Crippen LogP contribution in [0.25, 0.3) is 0 Å². The second-order valence-corrected chi connectivity index (χ2v) is 5.05. The van der Waals surface area contributed by atoms with Crippen LogP contribution in [0.5, 0.6) is 0 Å². The molecule has 2 unspecified atom stereocenters. The number of aliphatic hydroxyl groups is 1. The van der Waals surface area contributed by atoms with Gasteiger partial charge in [0.05, 0.1) is 6.61 Å². The first-order valence-corrected chi connectivity index (χ1v) is 6.18. The van der Waals surface area contributed by atoms with Crippen molar-refractivity contribution in [2.45, 2.75) is 45.1 Å². The van der Waals surface area contributed by atoms with Gasteiger partial charge in [-0.05, 0) is 18.8 Å². The predicted octanol–water partition coefficient (Wildman–Crippen LogP) is 0.653. The van der Waals surface area contributed by atoms with Crippen LogP contribution in [-0.4, -0.2) is 36.2 Å². The molecular weight excluding hydrogens is 204 g/mol. The molecule has 2 atom stereocenters. The number of hydrogen-bond donors (Lipinski definition) is 3. The summed E-state index contributed by atoms with van der Waals surface area (Å²) in [7, 11) is 0. The van der Waals surface area contributed by atoms with Crippen LogP contribution in [0.2, 0.25) is 0 Å². The summed E-state index contributed by atoms with van der Waals surface area (Å²) in [5.41, 5.74) is -0.115. The summed E-state index contributed by atoms with van der Waals surface area (Å²) in [6.07, 6.45) is 4.50. The fraction of sp³-hybridized carbons (Fsp3) is 0.917. The van der Waals surface area contributed by atoms with Crippen molar-refractivity contribution in [2.75, 3.05) is 19.7 Å². The van der Waals surface area contributed by atoms with E-state index in [0.717, 1.165) is 19.4 Å². The van der Waals surface area contributed by atoms with Crippen LogP contribution < -0.4 is 10.6 Å². The summed E-state index contributed by atoms with van der Waals surface area (Å²) in [6, 6.07) is 0. The topological polar surface area (TPSA) is 61.4 Å². The molecule has 0 heterocycles. The van der Waals surface area contributed by atoms with Crippen molar-refractivity contribution in [3.8, 4) is 0 Å². The summed E-state index contributed by atoms with van der Waals surface area (Å²) in [5.74, 6) is 0.672. The van der Waals surface area contributed by atoms with Gasteiger partial charge in [0.2, 0.25) is 5.91 Å². The minimum absolute atomic E-state index is 0.00291. The standard InChI is InChI=1S/C12H24N2O2/c1-10-4-3-5-12(8-10,9-15)14-7-6-13-11(2)16/h10,14-15H,3-9H2,1-2H3,(H,13,16). The molecule has 1 aliphatic rings. The lowest BCUT2D eigenvalue weighted by atomic mass is 9.77. The Balaban J connectivity index is 2.32. The predicted molar refractivity (Wildman–Crippen MR) is 64.1 cm³/mol. The van der Waals surface area contributed by atoms with Gasteiger partial charge >= 0.3 is 0 Å². The SMILES string of the molecule is CC(=O)NCCNC1(CO)CCCC(C)C1. The highest BCUT2D eigenvalue weighted by Crippen LogP contribution is 2.31. The molecule has 0 aliphatic heterocycles. The Bertz CT molecular complexity index is 233. The van der Waals surface area contributed by atoms with E-state index < -0.39 is 0 Å². The fourth-order valence-electron chi connectivity index (χ4n) is 2.59. The van der Waals surface area contributed by atoms with E-state index in [2.05, 4.69) is 17.6 Å². The average molecular weight is 228 g/mol. The highest BCUT2D eigenvalue weighted by Gasteiger charge is 2.33. The van der Waals surface area contributed by atoms with Gasteiger partial charge in [-0.15, -0.1) is 0 Å². The van der Waals surface area contributed by atoms with Crippen LogP contribution >= 0.6 is 0 Å². The minimum Gasteiger partial charge on any atom is -0.394 e. The Morgan fingerprint density at radius 3 is 2.81 bits per heavy atom. The zero-order valence-corrected chi connectivity index (χ0v) is 10.4. The van der Waals surface area contributed by atoms with E-state index in [1.54, 1.807) is 0 Å². The zero-order valence-electron chi connectivity index (χ0n) is 10.4. The van der Waals surface area contributed by atoms with Crippen molar-refractivity contribution in [2.24, 2.45) is 5.92 Å². The number of nitrogens with one attached hydrogen (secondary N) is 2. The maximum atomic E-state index is 10.7. The van der Waals surface area contributed by atoms with Crippen molar-refractivity contribution in [3.05, 3.63) is 0 Å². The van der Waals surface area contributed by atoms with E-state index in [0.29, 0.717) is 12.5 Å². The number of carbonyl (C=O) groups excluding carboxylic acids is 1. The smallest absolute Gasteiger partial charge is 0.216 e. The Kier molecular flexibility index (Phi) is 5.22. The van der Waals surface area contributed by atoms with Gasteiger partial charge in [-0.1, -0.05) is 19.8 Å². The second kappa shape index (κ2) is 6.21. The molecule has 0 saturated heterocycles. The van der Waals surface area contributed by atoms with Crippen LogP contribution in [-0.2, 0) is 4.79 Å². The minimum atomic E-state index is -0.115. The van der Waals surface area contributed by atoms with Crippen molar-refractivity contribution in [3.63, 3.8) is 0 Å². The van der Waals surface area contributed by atoms with E-state index in [1.807, 2.05) is 0 Å². The van der Waals surface area contributed by atoms with Crippen LogP contribution in [0.1, 0.15) is 39.5 Å². The summed E-state index contributed by atoms with van der Waals surface area (Å²) < 4.78 is 0. The molecule has 0 aromatic heterocycles. The lowest BCUT2D eigenvalue weighted by Gasteiger charge is -2.39. The van der Waals surface area contributed by atoms with Gasteiger partial charge in [0.15, 0.2) is 0 Å². The van der Waals surface area contributed by atoms with E-state index in [9.17, 15) is 9.90 Å². The normalized spacial score (nSPS) is 30.1. The highest BCUT2D eigenvalue weighted by molar-refractivity contribution is 5.72. The molecule has 0 radical (unpaired) electrons. The van der Waals surface area contributed by atoms with Gasteiger partial charge in [-0.2, -0.15) is 0 Å². The Morgan fingerprint density at radius 1 is 1.50 bits per heavy atom. The van der Waals surface area contributed by atoms with E-state index in [1.165, 1.54) is 19.8 Å². The van der Waals surface area contributed by atoms with Crippen molar-refractivity contribution < 1.29 is 9.90 Å². The van der Waals surface area contributed by atoms with Crippen LogP contribution in [0.15, 0.2) is 0 Å². The van der Waals surface area contributed by atoms with Crippen molar-refractivity contribution >= 4 is 5.91 Å². The third-order valence-electron chi connectivity index (χ3n) is 3.39. The molecule has 0 aromatic carbocycles. The molecular formula is C12H24N2O2. The molecule has 0 aromatic rings. The second-order valence-electron chi connectivity index (χ2n) is 5.05. The molecule has 1 fully saturated rings. The summed E-state index contributed by atoms with van der Waals surface area (Å²) in [5, 5.41) is 15.7. The van der Waals surface area contributed by atoms with Crippen LogP contribution in [0.4, 0.5) is 0 Å². The first-order chi connectivity index (χ1) is 7.58. The lowest BCUT2D eigenvalue weighted by Crippen LogP contribution is -2.53. The third-order valence-corrected chi connectivity index (χ3v) is 3.39. The van der Waals surface area contributed by atoms with Gasteiger partial charge in [-0.25, -0.2) is 0 Å². The zero-order chi connectivity index (χ0) is 12.0. The molecule has 16 heavy (non-hydrogen) atoms. The van der Waals surface area contributed by atoms with Gasteiger partial charge in [0.25, 0.3) is 0 Å². The van der Waals surface area contributed by atoms with Crippen LogP contribution in [0, 0.1) is 5.92 Å². The molecule has 1 saturated carbocycles. The molecule has 4 nitrogen and oxygen atoms in total. The fourth-order valence-corrected chi connectivity index (χ4v) is 2.59. The number of aliphatic hydroxyl groups excluding tert-OH is 1. The average Bonchev–Trinajstić information content (AvgIpc) is 2.24. The molecule has 1 amide bonds. The monoisotopic (exact) mass is 228 g/mol. The van der Waals surface area contributed by atoms with Gasteiger partial charge < -0.3 is 15.7 Å². The summed E-state index contributed by atoms with van der Waals surface area (Å²) in [4.78, 5) is 10.7. The molecule has 3 N–H and O–H groups in total. The number of hydrogen-bond acceptors (Lipinski definition) is 3. The van der Waals surface area contributed by atoms with E-state index in [-0.39, 0.29) is 18.1 Å². The Labute approximate surface area is 97.8 Å². The van der Waals surface area contributed by atoms with Crippen molar-refractivity contribution in [1.29, 1.82) is 0 Å². The number of carbonyl (C=O) groups is 1. The molecule has 94 valence electrons. The first-order valence-electron chi connectivity index (χ1n) is 6.18. The van der Waals surface area contributed by atoms with Gasteiger partial charge in [0.1, 0.15) is 0 Å². The highest BCUT2D eigenvalue weighted by atomic mass is 16.3. The summed E-state index contributed by atoms with van der Waals surface area (Å²) in [6.45, 7) is 5.30. The maximum absolute atomic E-state index is 10.7. The first kappa shape index (κ1) is 13.5. The Hall–Kier alpha value is -0.610. The molecule has 1 rings (SSSR count).